The van der Waals surface area contributed by atoms with Gasteiger partial charge in [-0.05, 0) is 105 Å². The van der Waals surface area contributed by atoms with E-state index in [0.717, 1.165) is 0 Å². The molecule has 0 heterocycles. The number of hydrogen-bond acceptors (Lipinski definition) is 0. The molecular weight excluding hydrogens is 480 g/mol. The van der Waals surface area contributed by atoms with Gasteiger partial charge in [-0.1, -0.05) is 127 Å². The van der Waals surface area contributed by atoms with Gasteiger partial charge in [0, 0.05) is 0 Å². The van der Waals surface area contributed by atoms with E-state index in [9.17, 15) is 0 Å². The molecule has 9 aromatic carbocycles. The summed E-state index contributed by atoms with van der Waals surface area (Å²) in [4.78, 5) is 0. The molecule has 9 aromatic rings. The molecule has 0 spiro atoms. The van der Waals surface area contributed by atoms with Crippen molar-refractivity contribution >= 4 is 64.6 Å². The van der Waals surface area contributed by atoms with Crippen molar-refractivity contribution in [2.24, 2.45) is 0 Å². The number of benzene rings is 9. The Morgan fingerprint density at radius 1 is 0.250 bits per heavy atom. The van der Waals surface area contributed by atoms with Crippen molar-refractivity contribution in [1.29, 1.82) is 0 Å². The summed E-state index contributed by atoms with van der Waals surface area (Å²) in [5.74, 6) is 0. The van der Waals surface area contributed by atoms with E-state index in [1.165, 1.54) is 86.9 Å². The smallest absolute Gasteiger partial charge is 0.00141 e. The number of fused-ring (bicyclic) bond motifs is 5. The Morgan fingerprint density at radius 3 is 1.52 bits per heavy atom. The molecule has 0 fully saturated rings. The topological polar surface area (TPSA) is 0 Å². The second-order valence-electron chi connectivity index (χ2n) is 10.9. The van der Waals surface area contributed by atoms with Crippen LogP contribution >= 0.6 is 0 Å². The van der Waals surface area contributed by atoms with Gasteiger partial charge in [0.15, 0.2) is 0 Å². The molecule has 0 aliphatic carbocycles. The zero-order valence-electron chi connectivity index (χ0n) is 21.9. The third-order valence-electron chi connectivity index (χ3n) is 8.76. The lowest BCUT2D eigenvalue weighted by atomic mass is 9.86. The van der Waals surface area contributed by atoms with E-state index in [0.29, 0.717) is 0 Å². The molecule has 0 heteroatoms. The van der Waals surface area contributed by atoms with Gasteiger partial charge in [0.1, 0.15) is 0 Å². The summed E-state index contributed by atoms with van der Waals surface area (Å²) in [7, 11) is 0. The van der Waals surface area contributed by atoms with Gasteiger partial charge < -0.3 is 0 Å². The van der Waals surface area contributed by atoms with Crippen LogP contribution in [0.5, 0.6) is 0 Å². The van der Waals surface area contributed by atoms with Gasteiger partial charge in [-0.25, -0.2) is 0 Å². The molecule has 0 saturated heterocycles. The first-order chi connectivity index (χ1) is 19.8. The Balaban J connectivity index is 1.23. The van der Waals surface area contributed by atoms with Gasteiger partial charge in [0.2, 0.25) is 0 Å². The minimum absolute atomic E-state index is 1.25. The third kappa shape index (κ3) is 3.08. The molecule has 184 valence electrons. The van der Waals surface area contributed by atoms with Gasteiger partial charge >= 0.3 is 0 Å². The van der Waals surface area contributed by atoms with Crippen LogP contribution in [-0.4, -0.2) is 0 Å². The summed E-state index contributed by atoms with van der Waals surface area (Å²) in [6.45, 7) is 0. The predicted molar refractivity (Wildman–Crippen MR) is 174 cm³/mol. The molecule has 0 unspecified atom stereocenters. The largest absolute Gasteiger partial charge is 0.0616 e. The SMILES string of the molecule is c1ccc2cc(-c3ccc4cc(-c5ccc6c7ccccc7c7cccc8ccc5c6c87)ccc4c3)ccc2c1. The molecule has 0 saturated carbocycles. The van der Waals surface area contributed by atoms with Crippen LogP contribution in [0.25, 0.3) is 86.9 Å². The molecule has 0 N–H and O–H groups in total. The summed E-state index contributed by atoms with van der Waals surface area (Å²) >= 11 is 0. The summed E-state index contributed by atoms with van der Waals surface area (Å²) in [6, 6.07) is 53.9. The molecule has 0 aliphatic rings. The second kappa shape index (κ2) is 8.15. The fraction of sp³-hybridized carbons (Fsp3) is 0. The Morgan fingerprint density at radius 2 is 0.750 bits per heavy atom. The van der Waals surface area contributed by atoms with Crippen molar-refractivity contribution in [1.82, 2.24) is 0 Å². The minimum atomic E-state index is 1.25. The highest BCUT2D eigenvalue weighted by atomic mass is 14.2. The lowest BCUT2D eigenvalue weighted by Crippen LogP contribution is -1.89. The molecule has 9 rings (SSSR count). The molecular formula is C40H24. The lowest BCUT2D eigenvalue weighted by Gasteiger charge is -2.17. The van der Waals surface area contributed by atoms with Gasteiger partial charge in [-0.15, -0.1) is 0 Å². The molecule has 0 radical (unpaired) electrons. The van der Waals surface area contributed by atoms with Crippen LogP contribution < -0.4 is 0 Å². The van der Waals surface area contributed by atoms with Gasteiger partial charge in [0.05, 0.1) is 0 Å². The van der Waals surface area contributed by atoms with Crippen LogP contribution in [0.4, 0.5) is 0 Å². The van der Waals surface area contributed by atoms with Gasteiger partial charge in [0.25, 0.3) is 0 Å². The van der Waals surface area contributed by atoms with Crippen LogP contribution in [0.1, 0.15) is 0 Å². The van der Waals surface area contributed by atoms with Crippen molar-refractivity contribution in [3.63, 3.8) is 0 Å². The van der Waals surface area contributed by atoms with Crippen LogP contribution in [0.3, 0.4) is 0 Å². The highest BCUT2D eigenvalue weighted by Gasteiger charge is 2.16. The first-order valence-corrected chi connectivity index (χ1v) is 13.9. The Kier molecular flexibility index (Phi) is 4.42. The van der Waals surface area contributed by atoms with Crippen molar-refractivity contribution in [3.8, 4) is 22.3 Å². The van der Waals surface area contributed by atoms with Gasteiger partial charge in [-0.2, -0.15) is 0 Å². The standard InChI is InChI=1S/C40H24/c1-2-7-27-22-28(13-12-25(27)6-1)29-14-15-31-24-32(17-16-30(31)23-29)33-20-21-38-35-10-4-3-9-34(35)36-11-5-8-26-18-19-37(33)40(38)39(26)36/h1-24H. The molecule has 0 aliphatic heterocycles. The maximum Gasteiger partial charge on any atom is -0.00141 e. The van der Waals surface area contributed by atoms with E-state index in [-0.39, 0.29) is 0 Å². The quantitative estimate of drug-likeness (QED) is 0.162. The Bertz CT molecular complexity index is 2430. The molecule has 0 bridgehead atoms. The number of rotatable bonds is 2. The Hall–Kier alpha value is -5.20. The maximum atomic E-state index is 2.35. The van der Waals surface area contributed by atoms with Crippen LogP contribution in [-0.2, 0) is 0 Å². The van der Waals surface area contributed by atoms with Gasteiger partial charge in [-0.3, -0.25) is 0 Å². The number of hydrogen-bond donors (Lipinski definition) is 0. The first-order valence-electron chi connectivity index (χ1n) is 13.9. The minimum Gasteiger partial charge on any atom is -0.0616 e. The van der Waals surface area contributed by atoms with E-state index in [4.69, 9.17) is 0 Å². The summed E-state index contributed by atoms with van der Waals surface area (Å²) in [6.07, 6.45) is 0. The normalized spacial score (nSPS) is 12.0. The fourth-order valence-corrected chi connectivity index (χ4v) is 6.84. The van der Waals surface area contributed by atoms with Crippen LogP contribution in [0.15, 0.2) is 146 Å². The highest BCUT2D eigenvalue weighted by Crippen LogP contribution is 2.44. The van der Waals surface area contributed by atoms with Crippen LogP contribution in [0.2, 0.25) is 0 Å². The lowest BCUT2D eigenvalue weighted by molar-refractivity contribution is 1.66. The summed E-state index contributed by atoms with van der Waals surface area (Å²) < 4.78 is 0. The summed E-state index contributed by atoms with van der Waals surface area (Å²) in [5, 5.41) is 15.8. The van der Waals surface area contributed by atoms with E-state index >= 15 is 0 Å². The first kappa shape index (κ1) is 21.7. The highest BCUT2D eigenvalue weighted by molar-refractivity contribution is 6.35. The molecule has 40 heavy (non-hydrogen) atoms. The fourth-order valence-electron chi connectivity index (χ4n) is 6.84. The van der Waals surface area contributed by atoms with E-state index in [1.54, 1.807) is 0 Å². The van der Waals surface area contributed by atoms with E-state index < -0.39 is 0 Å². The van der Waals surface area contributed by atoms with E-state index in [1.807, 2.05) is 0 Å². The summed E-state index contributed by atoms with van der Waals surface area (Å²) in [5.41, 5.74) is 5.05. The molecule has 0 amide bonds. The third-order valence-corrected chi connectivity index (χ3v) is 8.76. The average Bonchev–Trinajstić information content (AvgIpc) is 3.03. The second-order valence-corrected chi connectivity index (χ2v) is 10.9. The monoisotopic (exact) mass is 504 g/mol. The molecule has 0 atom stereocenters. The van der Waals surface area contributed by atoms with Crippen molar-refractivity contribution in [2.45, 2.75) is 0 Å². The Labute approximate surface area is 232 Å². The average molecular weight is 505 g/mol. The van der Waals surface area contributed by atoms with Crippen molar-refractivity contribution in [3.05, 3.63) is 146 Å². The van der Waals surface area contributed by atoms with E-state index in [2.05, 4.69) is 146 Å². The zero-order valence-corrected chi connectivity index (χ0v) is 21.9. The zero-order chi connectivity index (χ0) is 26.2. The maximum absolute atomic E-state index is 2.35. The predicted octanol–water partition coefficient (Wildman–Crippen LogP) is 11.4. The van der Waals surface area contributed by atoms with Crippen molar-refractivity contribution < 1.29 is 0 Å². The van der Waals surface area contributed by atoms with Crippen LogP contribution in [0, 0.1) is 0 Å². The molecule has 0 aromatic heterocycles. The van der Waals surface area contributed by atoms with Crippen molar-refractivity contribution in [2.75, 3.05) is 0 Å². The molecule has 0 nitrogen and oxygen atoms in total.